The quantitative estimate of drug-likeness (QED) is 0.806. The summed E-state index contributed by atoms with van der Waals surface area (Å²) in [5.74, 6) is 0.804. The Kier molecular flexibility index (Phi) is 5.67. The molecule has 1 N–H and O–H groups in total. The van der Waals surface area contributed by atoms with E-state index < -0.39 is 10.0 Å². The van der Waals surface area contributed by atoms with Crippen LogP contribution in [0.25, 0.3) is 0 Å². The first-order valence-corrected chi connectivity index (χ1v) is 9.15. The number of hydrogen-bond donors (Lipinski definition) is 1. The minimum Gasteiger partial charge on any atom is -0.493 e. The SMILES string of the molecule is COc1cc(Br)c(S(=O)(=O)N[C@H](C)c2ccccc2)cc1OC. The number of halogens is 1. The maximum absolute atomic E-state index is 12.7. The van der Waals surface area contributed by atoms with Gasteiger partial charge >= 0.3 is 0 Å². The molecule has 0 aliphatic heterocycles. The molecule has 0 aliphatic carbocycles. The molecule has 2 aromatic carbocycles. The number of nitrogens with one attached hydrogen (secondary N) is 1. The summed E-state index contributed by atoms with van der Waals surface area (Å²) in [6.45, 7) is 1.79. The van der Waals surface area contributed by atoms with Crippen molar-refractivity contribution in [2.75, 3.05) is 14.2 Å². The number of methoxy groups -OCH3 is 2. The fourth-order valence-electron chi connectivity index (χ4n) is 2.15. The number of sulfonamides is 1. The van der Waals surface area contributed by atoms with Crippen molar-refractivity contribution >= 4 is 26.0 Å². The predicted octanol–water partition coefficient (Wildman–Crippen LogP) is 3.51. The molecule has 0 unspecified atom stereocenters. The normalized spacial score (nSPS) is 12.7. The second-order valence-corrected chi connectivity index (χ2v) is 7.43. The molecule has 0 aliphatic rings. The van der Waals surface area contributed by atoms with Crippen molar-refractivity contribution in [1.29, 1.82) is 0 Å². The monoisotopic (exact) mass is 399 g/mol. The summed E-state index contributed by atoms with van der Waals surface area (Å²) in [4.78, 5) is 0.0953. The molecule has 1 atom stereocenters. The van der Waals surface area contributed by atoms with Crippen LogP contribution < -0.4 is 14.2 Å². The second-order valence-electron chi connectivity index (χ2n) is 4.89. The first kappa shape index (κ1) is 17.8. The van der Waals surface area contributed by atoms with Crippen LogP contribution in [0.15, 0.2) is 51.8 Å². The number of hydrogen-bond acceptors (Lipinski definition) is 4. The van der Waals surface area contributed by atoms with Crippen LogP contribution in [0.3, 0.4) is 0 Å². The minimum atomic E-state index is -3.73. The van der Waals surface area contributed by atoms with Gasteiger partial charge in [0.15, 0.2) is 11.5 Å². The van der Waals surface area contributed by atoms with Gasteiger partial charge < -0.3 is 9.47 Å². The van der Waals surface area contributed by atoms with E-state index in [1.54, 1.807) is 13.0 Å². The molecule has 0 saturated carbocycles. The van der Waals surface area contributed by atoms with Crippen molar-refractivity contribution in [2.24, 2.45) is 0 Å². The van der Waals surface area contributed by atoms with Gasteiger partial charge in [-0.2, -0.15) is 0 Å². The van der Waals surface area contributed by atoms with Gasteiger partial charge in [-0.25, -0.2) is 13.1 Å². The molecule has 23 heavy (non-hydrogen) atoms. The molecule has 5 nitrogen and oxygen atoms in total. The maximum Gasteiger partial charge on any atom is 0.242 e. The Morgan fingerprint density at radius 1 is 1.04 bits per heavy atom. The van der Waals surface area contributed by atoms with Crippen molar-refractivity contribution in [3.05, 3.63) is 52.5 Å². The maximum atomic E-state index is 12.7. The van der Waals surface area contributed by atoms with Crippen LogP contribution >= 0.6 is 15.9 Å². The molecule has 7 heteroatoms. The van der Waals surface area contributed by atoms with E-state index in [-0.39, 0.29) is 10.9 Å². The smallest absolute Gasteiger partial charge is 0.242 e. The lowest BCUT2D eigenvalue weighted by Crippen LogP contribution is -2.27. The molecule has 0 amide bonds. The lowest BCUT2D eigenvalue weighted by atomic mass is 10.1. The highest BCUT2D eigenvalue weighted by Crippen LogP contribution is 2.35. The molecule has 0 radical (unpaired) electrons. The Morgan fingerprint density at radius 3 is 2.17 bits per heavy atom. The van der Waals surface area contributed by atoms with E-state index >= 15 is 0 Å². The summed E-state index contributed by atoms with van der Waals surface area (Å²) in [6.07, 6.45) is 0. The van der Waals surface area contributed by atoms with E-state index in [0.717, 1.165) is 5.56 Å². The van der Waals surface area contributed by atoms with Gasteiger partial charge in [0.2, 0.25) is 10.0 Å². The summed E-state index contributed by atoms with van der Waals surface area (Å²) in [5, 5.41) is 0. The second kappa shape index (κ2) is 7.33. The molecular formula is C16H18BrNO4S. The fourth-order valence-corrected chi connectivity index (χ4v) is 4.42. The summed E-state index contributed by atoms with van der Waals surface area (Å²) >= 11 is 3.28. The van der Waals surface area contributed by atoms with Crippen molar-refractivity contribution in [3.63, 3.8) is 0 Å². The zero-order valence-corrected chi connectivity index (χ0v) is 15.4. The van der Waals surface area contributed by atoms with Crippen LogP contribution in [0, 0.1) is 0 Å². The van der Waals surface area contributed by atoms with Gasteiger partial charge in [-0.1, -0.05) is 30.3 Å². The van der Waals surface area contributed by atoms with Crippen molar-refractivity contribution in [3.8, 4) is 11.5 Å². The molecular weight excluding hydrogens is 382 g/mol. The number of benzene rings is 2. The number of rotatable bonds is 6. The third-order valence-electron chi connectivity index (χ3n) is 3.36. The van der Waals surface area contributed by atoms with E-state index in [2.05, 4.69) is 20.7 Å². The lowest BCUT2D eigenvalue weighted by Gasteiger charge is -2.17. The van der Waals surface area contributed by atoms with Gasteiger partial charge in [-0.3, -0.25) is 0 Å². The molecule has 0 spiro atoms. The van der Waals surface area contributed by atoms with Gasteiger partial charge in [0.25, 0.3) is 0 Å². The molecule has 0 aromatic heterocycles. The van der Waals surface area contributed by atoms with Gasteiger partial charge in [-0.15, -0.1) is 0 Å². The predicted molar refractivity (Wildman–Crippen MR) is 92.4 cm³/mol. The number of ether oxygens (including phenoxy) is 2. The topological polar surface area (TPSA) is 64.6 Å². The summed E-state index contributed by atoms with van der Waals surface area (Å²) < 4.78 is 38.7. The molecule has 2 aromatic rings. The molecule has 2 rings (SSSR count). The molecule has 0 heterocycles. The average molecular weight is 400 g/mol. The zero-order chi connectivity index (χ0) is 17.0. The Morgan fingerprint density at radius 2 is 1.61 bits per heavy atom. The van der Waals surface area contributed by atoms with E-state index in [9.17, 15) is 8.42 Å². The van der Waals surface area contributed by atoms with Crippen LogP contribution in [0.1, 0.15) is 18.5 Å². The highest BCUT2D eigenvalue weighted by Gasteiger charge is 2.23. The Bertz CT molecular complexity index is 778. The summed E-state index contributed by atoms with van der Waals surface area (Å²) in [6, 6.07) is 12.0. The highest BCUT2D eigenvalue weighted by molar-refractivity contribution is 9.10. The minimum absolute atomic E-state index is 0.0953. The van der Waals surface area contributed by atoms with E-state index in [0.29, 0.717) is 16.0 Å². The van der Waals surface area contributed by atoms with Crippen LogP contribution in [-0.2, 0) is 10.0 Å². The largest absolute Gasteiger partial charge is 0.493 e. The standard InChI is InChI=1S/C16H18BrNO4S/c1-11(12-7-5-4-6-8-12)18-23(19,20)16-10-15(22-3)14(21-2)9-13(16)17/h4-11,18H,1-3H3/t11-/m1/s1. The van der Waals surface area contributed by atoms with E-state index in [1.807, 2.05) is 30.3 Å². The molecule has 0 fully saturated rings. The lowest BCUT2D eigenvalue weighted by molar-refractivity contribution is 0.353. The van der Waals surface area contributed by atoms with Crippen molar-refractivity contribution in [2.45, 2.75) is 17.9 Å². The fraction of sp³-hybridized carbons (Fsp3) is 0.250. The van der Waals surface area contributed by atoms with Gasteiger partial charge in [0, 0.05) is 16.6 Å². The van der Waals surface area contributed by atoms with Gasteiger partial charge in [-0.05, 0) is 34.5 Å². The van der Waals surface area contributed by atoms with Crippen molar-refractivity contribution < 1.29 is 17.9 Å². The Hall–Kier alpha value is -1.57. The van der Waals surface area contributed by atoms with E-state index in [1.165, 1.54) is 20.3 Å². The molecule has 0 bridgehead atoms. The first-order chi connectivity index (χ1) is 10.9. The highest BCUT2D eigenvalue weighted by atomic mass is 79.9. The van der Waals surface area contributed by atoms with Crippen LogP contribution in [-0.4, -0.2) is 22.6 Å². The molecule has 0 saturated heterocycles. The van der Waals surface area contributed by atoms with Crippen LogP contribution in [0.5, 0.6) is 11.5 Å². The zero-order valence-electron chi connectivity index (χ0n) is 13.0. The summed E-state index contributed by atoms with van der Waals surface area (Å²) in [7, 11) is -0.774. The van der Waals surface area contributed by atoms with E-state index in [4.69, 9.17) is 9.47 Å². The average Bonchev–Trinajstić information content (AvgIpc) is 2.54. The van der Waals surface area contributed by atoms with Gasteiger partial charge in [0.1, 0.15) is 4.90 Å². The summed E-state index contributed by atoms with van der Waals surface area (Å²) in [5.41, 5.74) is 0.882. The third kappa shape index (κ3) is 4.04. The molecule has 124 valence electrons. The Labute approximate surface area is 144 Å². The Balaban J connectivity index is 2.36. The van der Waals surface area contributed by atoms with Crippen LogP contribution in [0.4, 0.5) is 0 Å². The van der Waals surface area contributed by atoms with Crippen molar-refractivity contribution in [1.82, 2.24) is 4.72 Å². The van der Waals surface area contributed by atoms with Gasteiger partial charge in [0.05, 0.1) is 14.2 Å². The third-order valence-corrected chi connectivity index (χ3v) is 5.86. The van der Waals surface area contributed by atoms with Crippen LogP contribution in [0.2, 0.25) is 0 Å². The first-order valence-electron chi connectivity index (χ1n) is 6.88.